The predicted molar refractivity (Wildman–Crippen MR) is 76.6 cm³/mol. The number of benzene rings is 1. The number of carboxylic acid groups (broad SMARTS) is 2. The van der Waals surface area contributed by atoms with Crippen LogP contribution in [0.2, 0.25) is 5.02 Å². The van der Waals surface area contributed by atoms with Gasteiger partial charge in [-0.05, 0) is 18.2 Å². The van der Waals surface area contributed by atoms with E-state index in [9.17, 15) is 19.2 Å². The van der Waals surface area contributed by atoms with Gasteiger partial charge in [0.15, 0.2) is 5.78 Å². The number of ketones is 1. The molecule has 1 aromatic rings. The van der Waals surface area contributed by atoms with Crippen molar-refractivity contribution < 1.29 is 29.4 Å². The maximum Gasteiger partial charge on any atom is 0.341 e. The Morgan fingerprint density at radius 3 is 2.18 bits per heavy atom. The van der Waals surface area contributed by atoms with E-state index in [1.54, 1.807) is 5.32 Å². The summed E-state index contributed by atoms with van der Waals surface area (Å²) in [5.74, 6) is -5.48. The minimum atomic E-state index is -2.77. The molecule has 22 heavy (non-hydrogen) atoms. The first kappa shape index (κ1) is 17.4. The lowest BCUT2D eigenvalue weighted by molar-refractivity contribution is -0.161. The molecule has 5 N–H and O–H groups in total. The molecule has 0 heterocycles. The highest BCUT2D eigenvalue weighted by atomic mass is 35.5. The molecule has 0 radical (unpaired) electrons. The van der Waals surface area contributed by atoms with E-state index in [2.05, 4.69) is 0 Å². The second kappa shape index (κ2) is 6.44. The molecule has 0 aliphatic rings. The number of nitrogens with one attached hydrogen (secondary N) is 1. The van der Waals surface area contributed by atoms with Crippen LogP contribution in [0.15, 0.2) is 18.2 Å². The molecule has 0 unspecified atom stereocenters. The van der Waals surface area contributed by atoms with E-state index in [1.807, 2.05) is 0 Å². The number of carbonyl (C=O) groups excluding carboxylic acids is 2. The maximum absolute atomic E-state index is 12.2. The van der Waals surface area contributed by atoms with Gasteiger partial charge in [0.05, 0.1) is 6.42 Å². The molecule has 8 nitrogen and oxygen atoms in total. The van der Waals surface area contributed by atoms with Crippen molar-refractivity contribution in [1.29, 1.82) is 0 Å². The summed E-state index contributed by atoms with van der Waals surface area (Å²) in [7, 11) is 0. The van der Waals surface area contributed by atoms with Crippen molar-refractivity contribution in [2.45, 2.75) is 18.9 Å². The molecule has 0 saturated heterocycles. The van der Waals surface area contributed by atoms with E-state index in [1.165, 1.54) is 18.2 Å². The molecule has 1 rings (SSSR count). The van der Waals surface area contributed by atoms with Crippen molar-refractivity contribution >= 4 is 40.9 Å². The van der Waals surface area contributed by atoms with E-state index in [0.717, 1.165) is 6.92 Å². The number of Topliss-reactive ketones (excluding diaryl/α,β-unsaturated/α-hetero) is 1. The highest BCUT2D eigenvalue weighted by Crippen LogP contribution is 2.23. The quantitative estimate of drug-likeness (QED) is 0.338. The van der Waals surface area contributed by atoms with Crippen LogP contribution >= 0.6 is 11.6 Å². The van der Waals surface area contributed by atoms with Crippen LogP contribution in [-0.4, -0.2) is 39.4 Å². The van der Waals surface area contributed by atoms with Gasteiger partial charge in [0, 0.05) is 23.2 Å². The van der Waals surface area contributed by atoms with Crippen molar-refractivity contribution in [2.24, 2.45) is 0 Å². The Labute approximate surface area is 129 Å². The topological polar surface area (TPSA) is 147 Å². The van der Waals surface area contributed by atoms with Crippen LogP contribution in [0.3, 0.4) is 0 Å². The number of hydrogen-bond donors (Lipinski definition) is 4. The number of nitrogen functional groups attached to an aromatic ring is 1. The zero-order chi connectivity index (χ0) is 17.1. The molecule has 0 bridgehead atoms. The number of amides is 1. The Kier molecular flexibility index (Phi) is 5.10. The lowest BCUT2D eigenvalue weighted by Crippen LogP contribution is -2.60. The summed E-state index contributed by atoms with van der Waals surface area (Å²) < 4.78 is 0. The highest BCUT2D eigenvalue weighted by molar-refractivity contribution is 6.31. The van der Waals surface area contributed by atoms with Crippen LogP contribution in [0, 0.1) is 0 Å². The first-order valence-corrected chi connectivity index (χ1v) is 6.31. The Balaban J connectivity index is 3.23. The largest absolute Gasteiger partial charge is 0.479 e. The third-order valence-electron chi connectivity index (χ3n) is 2.86. The van der Waals surface area contributed by atoms with Crippen molar-refractivity contribution in [3.8, 4) is 0 Å². The maximum atomic E-state index is 12.2. The molecule has 118 valence electrons. The van der Waals surface area contributed by atoms with Crippen LogP contribution in [0.4, 0.5) is 5.69 Å². The molecule has 0 aliphatic heterocycles. The van der Waals surface area contributed by atoms with Gasteiger partial charge >= 0.3 is 11.9 Å². The smallest absolute Gasteiger partial charge is 0.341 e. The molecule has 0 fully saturated rings. The number of nitrogens with two attached hydrogens (primary N) is 1. The summed E-state index contributed by atoms with van der Waals surface area (Å²) in [5, 5.41) is 20.4. The van der Waals surface area contributed by atoms with Crippen molar-refractivity contribution in [1.82, 2.24) is 5.32 Å². The van der Waals surface area contributed by atoms with E-state index >= 15 is 0 Å². The Bertz CT molecular complexity index is 644. The molecule has 0 saturated carbocycles. The zero-order valence-electron chi connectivity index (χ0n) is 11.4. The predicted octanol–water partition coefficient (Wildman–Crippen LogP) is 0.539. The lowest BCUT2D eigenvalue weighted by Gasteiger charge is -2.25. The van der Waals surface area contributed by atoms with Crippen LogP contribution in [0.5, 0.6) is 0 Å². The van der Waals surface area contributed by atoms with E-state index < -0.39 is 35.6 Å². The molecule has 0 atom stereocenters. The summed E-state index contributed by atoms with van der Waals surface area (Å²) in [6.45, 7) is 0.946. The van der Waals surface area contributed by atoms with Gasteiger partial charge in [-0.3, -0.25) is 9.59 Å². The fraction of sp³-hybridized carbons (Fsp3) is 0.231. The fourth-order valence-corrected chi connectivity index (χ4v) is 2.00. The van der Waals surface area contributed by atoms with Gasteiger partial charge < -0.3 is 21.3 Å². The fourth-order valence-electron chi connectivity index (χ4n) is 1.82. The van der Waals surface area contributed by atoms with Gasteiger partial charge in [-0.2, -0.15) is 0 Å². The van der Waals surface area contributed by atoms with Crippen molar-refractivity contribution in [3.63, 3.8) is 0 Å². The number of anilines is 1. The van der Waals surface area contributed by atoms with Gasteiger partial charge in [-0.15, -0.1) is 0 Å². The third kappa shape index (κ3) is 3.53. The van der Waals surface area contributed by atoms with Crippen LogP contribution in [-0.2, 0) is 14.4 Å². The average Bonchev–Trinajstić information content (AvgIpc) is 2.36. The monoisotopic (exact) mass is 328 g/mol. The standard InChI is InChI=1S/C13H13ClN2O6/c1-6(17)16-13(11(19)20,12(21)22)5-10(18)8-3-2-7(14)4-9(8)15/h2-4H,5,15H2,1H3,(H,16,17)(H,19,20)(H,21,22). The summed E-state index contributed by atoms with van der Waals surface area (Å²) in [5.41, 5.74) is 2.73. The van der Waals surface area contributed by atoms with Crippen LogP contribution in [0.1, 0.15) is 23.7 Å². The van der Waals surface area contributed by atoms with Gasteiger partial charge in [0.2, 0.25) is 11.4 Å². The van der Waals surface area contributed by atoms with E-state index in [0.29, 0.717) is 0 Å². The second-order valence-corrected chi connectivity index (χ2v) is 4.96. The average molecular weight is 329 g/mol. The molecule has 0 aromatic heterocycles. The Morgan fingerprint density at radius 1 is 1.23 bits per heavy atom. The minimum absolute atomic E-state index is 0.0231. The SMILES string of the molecule is CC(=O)NC(CC(=O)c1ccc(Cl)cc1N)(C(=O)O)C(=O)O. The molecule has 0 aliphatic carbocycles. The van der Waals surface area contributed by atoms with Gasteiger partial charge in [-0.1, -0.05) is 11.6 Å². The molecule has 1 amide bonds. The first-order valence-electron chi connectivity index (χ1n) is 5.94. The Morgan fingerprint density at radius 2 is 1.77 bits per heavy atom. The summed E-state index contributed by atoms with van der Waals surface area (Å²) >= 11 is 5.69. The zero-order valence-corrected chi connectivity index (χ0v) is 12.2. The van der Waals surface area contributed by atoms with Gasteiger partial charge in [0.1, 0.15) is 0 Å². The van der Waals surface area contributed by atoms with Crippen LogP contribution in [0.25, 0.3) is 0 Å². The summed E-state index contributed by atoms with van der Waals surface area (Å²) in [4.78, 5) is 45.9. The lowest BCUT2D eigenvalue weighted by atomic mass is 9.89. The van der Waals surface area contributed by atoms with E-state index in [4.69, 9.17) is 27.5 Å². The number of rotatable bonds is 6. The van der Waals surface area contributed by atoms with Crippen molar-refractivity contribution in [2.75, 3.05) is 5.73 Å². The summed E-state index contributed by atoms with van der Waals surface area (Å²) in [6, 6.07) is 3.88. The normalized spacial score (nSPS) is 10.8. The molecule has 1 aromatic carbocycles. The number of halogens is 1. The third-order valence-corrected chi connectivity index (χ3v) is 3.09. The minimum Gasteiger partial charge on any atom is -0.479 e. The second-order valence-electron chi connectivity index (χ2n) is 4.53. The van der Waals surface area contributed by atoms with Gasteiger partial charge in [0.25, 0.3) is 0 Å². The molecule has 9 heteroatoms. The highest BCUT2D eigenvalue weighted by Gasteiger charge is 2.49. The number of carboxylic acids is 2. The molecule has 0 spiro atoms. The number of carbonyl (C=O) groups is 4. The summed E-state index contributed by atoms with van der Waals surface area (Å²) in [6.07, 6.45) is -0.997. The molecular formula is C13H13ClN2O6. The van der Waals surface area contributed by atoms with Crippen LogP contribution < -0.4 is 11.1 Å². The number of hydrogen-bond acceptors (Lipinski definition) is 5. The molecular weight excluding hydrogens is 316 g/mol. The van der Waals surface area contributed by atoms with Crippen molar-refractivity contribution in [3.05, 3.63) is 28.8 Å². The number of aliphatic carboxylic acids is 2. The van der Waals surface area contributed by atoms with Gasteiger partial charge in [-0.25, -0.2) is 9.59 Å². The first-order chi connectivity index (χ1) is 10.1. The van der Waals surface area contributed by atoms with E-state index in [-0.39, 0.29) is 16.3 Å². The Hall–Kier alpha value is -2.61.